The van der Waals surface area contributed by atoms with Gasteiger partial charge in [0, 0.05) is 11.4 Å². The normalized spacial score (nSPS) is 10.9. The molecule has 0 radical (unpaired) electrons. The van der Waals surface area contributed by atoms with E-state index in [0.717, 1.165) is 27.4 Å². The molecule has 1 N–H and O–H groups in total. The number of H-pyrrole nitrogens is 1. The minimum atomic E-state index is 0.593. The van der Waals surface area contributed by atoms with Crippen LogP contribution >= 0.6 is 35.7 Å². The Morgan fingerprint density at radius 2 is 2.00 bits per heavy atom. The van der Waals surface area contributed by atoms with Gasteiger partial charge >= 0.3 is 0 Å². The van der Waals surface area contributed by atoms with Crippen LogP contribution in [0.4, 0.5) is 0 Å². The van der Waals surface area contributed by atoms with Crippen LogP contribution in [0.15, 0.2) is 46.6 Å². The number of aromatic nitrogens is 5. The maximum absolute atomic E-state index is 5.35. The molecule has 0 atom stereocenters. The lowest BCUT2D eigenvalue weighted by molar-refractivity contribution is 0.864. The smallest absolute Gasteiger partial charge is 0.199 e. The van der Waals surface area contributed by atoms with Gasteiger partial charge in [0.05, 0.1) is 5.75 Å². The third-order valence-corrected chi connectivity index (χ3v) is 4.83. The van der Waals surface area contributed by atoms with E-state index in [-0.39, 0.29) is 0 Å². The van der Waals surface area contributed by atoms with Crippen LogP contribution in [0.3, 0.4) is 0 Å². The van der Waals surface area contributed by atoms with E-state index in [1.54, 1.807) is 23.5 Å². The Hall–Kier alpha value is -1.64. The minimum absolute atomic E-state index is 0.593. The van der Waals surface area contributed by atoms with Crippen LogP contribution in [0, 0.1) is 11.7 Å². The third kappa shape index (κ3) is 3.82. The predicted octanol–water partition coefficient (Wildman–Crippen LogP) is 4.04. The van der Waals surface area contributed by atoms with Gasteiger partial charge in [-0.2, -0.15) is 5.10 Å². The van der Waals surface area contributed by atoms with Crippen LogP contribution in [0.1, 0.15) is 11.5 Å². The number of rotatable bonds is 5. The van der Waals surface area contributed by atoms with E-state index in [1.807, 2.05) is 54.1 Å². The summed E-state index contributed by atoms with van der Waals surface area (Å²) in [5.74, 6) is 1.54. The summed E-state index contributed by atoms with van der Waals surface area (Å²) in [7, 11) is 0. The van der Waals surface area contributed by atoms with Gasteiger partial charge in [0.25, 0.3) is 0 Å². The molecule has 1 aromatic carbocycles. The molecule has 2 aromatic heterocycles. The highest BCUT2D eigenvalue weighted by Gasteiger charge is 2.10. The highest BCUT2D eigenvalue weighted by Crippen LogP contribution is 2.24. The van der Waals surface area contributed by atoms with Gasteiger partial charge in [-0.05, 0) is 43.6 Å². The molecule has 0 aliphatic heterocycles. The lowest BCUT2D eigenvalue weighted by Gasteiger charge is -2.07. The summed E-state index contributed by atoms with van der Waals surface area (Å²) in [4.78, 5) is 8.89. The second-order valence-electron chi connectivity index (χ2n) is 4.74. The lowest BCUT2D eigenvalue weighted by Crippen LogP contribution is -2.00. The van der Waals surface area contributed by atoms with Crippen molar-refractivity contribution in [1.82, 2.24) is 24.7 Å². The summed E-state index contributed by atoms with van der Waals surface area (Å²) in [5, 5.41) is 8.95. The number of thioether (sulfide) groups is 2. The summed E-state index contributed by atoms with van der Waals surface area (Å²) in [6.45, 7) is 1.98. The molecule has 0 unspecified atom stereocenters. The van der Waals surface area contributed by atoms with Gasteiger partial charge in [0.2, 0.25) is 0 Å². The standard InChI is InChI=1S/C15H15N5S3/c1-10-8-13(17-14(16-10)22-2)23-9-12-18-19-15(21)20(12)11-6-4-3-5-7-11/h3-8H,9H2,1-2H3,(H,19,21). The van der Waals surface area contributed by atoms with E-state index < -0.39 is 0 Å². The molecule has 0 saturated heterocycles. The third-order valence-electron chi connectivity index (χ3n) is 3.10. The second-order valence-corrected chi connectivity index (χ2v) is 6.89. The molecule has 0 spiro atoms. The van der Waals surface area contributed by atoms with Gasteiger partial charge in [-0.3, -0.25) is 9.67 Å². The van der Waals surface area contributed by atoms with Crippen molar-refractivity contribution in [3.8, 4) is 5.69 Å². The van der Waals surface area contributed by atoms with Gasteiger partial charge in [-0.25, -0.2) is 9.97 Å². The fourth-order valence-electron chi connectivity index (χ4n) is 2.09. The maximum Gasteiger partial charge on any atom is 0.199 e. The molecule has 5 nitrogen and oxygen atoms in total. The zero-order valence-electron chi connectivity index (χ0n) is 12.7. The first kappa shape index (κ1) is 16.2. The number of benzene rings is 1. The van der Waals surface area contributed by atoms with Crippen molar-refractivity contribution in [1.29, 1.82) is 0 Å². The Kier molecular flexibility index (Phi) is 5.14. The Morgan fingerprint density at radius 1 is 1.22 bits per heavy atom. The molecule has 0 fully saturated rings. The molecule has 118 valence electrons. The summed E-state index contributed by atoms with van der Waals surface area (Å²) in [6, 6.07) is 12.0. The number of para-hydroxylation sites is 1. The first-order valence-electron chi connectivity index (χ1n) is 6.91. The fourth-order valence-corrected chi connectivity index (χ4v) is 3.70. The summed E-state index contributed by atoms with van der Waals surface area (Å²) in [6.07, 6.45) is 1.98. The zero-order chi connectivity index (χ0) is 16.2. The van der Waals surface area contributed by atoms with Gasteiger partial charge in [0.15, 0.2) is 9.93 Å². The molecule has 0 aliphatic carbocycles. The molecule has 3 aromatic rings. The van der Waals surface area contributed by atoms with Crippen molar-refractivity contribution < 1.29 is 0 Å². The molecular weight excluding hydrogens is 346 g/mol. The zero-order valence-corrected chi connectivity index (χ0v) is 15.1. The summed E-state index contributed by atoms with van der Waals surface area (Å²) < 4.78 is 2.54. The van der Waals surface area contributed by atoms with E-state index in [9.17, 15) is 0 Å². The van der Waals surface area contributed by atoms with E-state index in [0.29, 0.717) is 10.5 Å². The van der Waals surface area contributed by atoms with Gasteiger partial charge in [-0.15, -0.1) is 0 Å². The average Bonchev–Trinajstić information content (AvgIpc) is 2.94. The second kappa shape index (κ2) is 7.29. The topological polar surface area (TPSA) is 59.4 Å². The van der Waals surface area contributed by atoms with Crippen LogP contribution < -0.4 is 0 Å². The van der Waals surface area contributed by atoms with Crippen LogP contribution in [-0.4, -0.2) is 31.0 Å². The van der Waals surface area contributed by atoms with E-state index in [1.165, 1.54) is 0 Å². The molecule has 8 heteroatoms. The van der Waals surface area contributed by atoms with Crippen LogP contribution in [0.25, 0.3) is 5.69 Å². The molecule has 0 aliphatic rings. The highest BCUT2D eigenvalue weighted by molar-refractivity contribution is 7.99. The monoisotopic (exact) mass is 361 g/mol. The van der Waals surface area contributed by atoms with E-state index in [4.69, 9.17) is 12.2 Å². The van der Waals surface area contributed by atoms with E-state index >= 15 is 0 Å². The summed E-state index contributed by atoms with van der Waals surface area (Å²) >= 11 is 8.52. The lowest BCUT2D eigenvalue weighted by atomic mass is 10.3. The number of nitrogens with zero attached hydrogens (tertiary/aromatic N) is 4. The molecule has 0 amide bonds. The van der Waals surface area contributed by atoms with Crippen molar-refractivity contribution in [2.75, 3.05) is 6.26 Å². The Morgan fingerprint density at radius 3 is 2.74 bits per heavy atom. The highest BCUT2D eigenvalue weighted by atomic mass is 32.2. The number of hydrogen-bond acceptors (Lipinski definition) is 6. The molecule has 3 rings (SSSR count). The van der Waals surface area contributed by atoms with Gasteiger partial charge < -0.3 is 0 Å². The number of aromatic amines is 1. The maximum atomic E-state index is 5.35. The molecule has 0 bridgehead atoms. The molecule has 0 saturated carbocycles. The number of aryl methyl sites for hydroxylation is 1. The SMILES string of the molecule is CSc1nc(C)cc(SCc2n[nH]c(=S)n2-c2ccccc2)n1. The van der Waals surface area contributed by atoms with Crippen LogP contribution in [0.5, 0.6) is 0 Å². The number of nitrogens with one attached hydrogen (secondary N) is 1. The van der Waals surface area contributed by atoms with Crippen molar-refractivity contribution in [3.63, 3.8) is 0 Å². The van der Waals surface area contributed by atoms with Crippen molar-refractivity contribution in [3.05, 3.63) is 52.7 Å². The summed E-state index contributed by atoms with van der Waals surface area (Å²) in [5.41, 5.74) is 1.97. The van der Waals surface area contributed by atoms with Crippen LogP contribution in [-0.2, 0) is 5.75 Å². The predicted molar refractivity (Wildman–Crippen MR) is 96.9 cm³/mol. The Balaban J connectivity index is 1.85. The molecule has 2 heterocycles. The average molecular weight is 362 g/mol. The van der Waals surface area contributed by atoms with Gasteiger partial charge in [0.1, 0.15) is 10.9 Å². The quantitative estimate of drug-likeness (QED) is 0.320. The number of hydrogen-bond donors (Lipinski definition) is 1. The van der Waals surface area contributed by atoms with Crippen LogP contribution in [0.2, 0.25) is 0 Å². The minimum Gasteiger partial charge on any atom is -0.271 e. The first-order chi connectivity index (χ1) is 11.2. The Labute approximate surface area is 148 Å². The fraction of sp³-hybridized carbons (Fsp3) is 0.200. The first-order valence-corrected chi connectivity index (χ1v) is 9.53. The largest absolute Gasteiger partial charge is 0.271 e. The molecule has 23 heavy (non-hydrogen) atoms. The van der Waals surface area contributed by atoms with Crippen molar-refractivity contribution in [2.45, 2.75) is 22.9 Å². The molecular formula is C15H15N5S3. The van der Waals surface area contributed by atoms with Gasteiger partial charge in [-0.1, -0.05) is 41.7 Å². The van der Waals surface area contributed by atoms with Crippen molar-refractivity contribution in [2.24, 2.45) is 0 Å². The van der Waals surface area contributed by atoms with Crippen molar-refractivity contribution >= 4 is 35.7 Å². The van der Waals surface area contributed by atoms with E-state index in [2.05, 4.69) is 20.2 Å². The Bertz CT molecular complexity index is 857.